The molecule has 0 fully saturated rings. The van der Waals surface area contributed by atoms with Crippen LogP contribution in [0.4, 0.5) is 15.8 Å². The third-order valence-corrected chi connectivity index (χ3v) is 11.8. The fourth-order valence-electron chi connectivity index (χ4n) is 7.62. The van der Waals surface area contributed by atoms with Crippen molar-refractivity contribution in [2.75, 3.05) is 13.2 Å². The fourth-order valence-corrected chi connectivity index (χ4v) is 7.62. The van der Waals surface area contributed by atoms with Crippen molar-refractivity contribution in [2.45, 2.75) is 142 Å². The van der Waals surface area contributed by atoms with Crippen LogP contribution in [0.25, 0.3) is 0 Å². The minimum Gasteiger partial charge on any atom is -0.507 e. The van der Waals surface area contributed by atoms with Crippen LogP contribution in [0.5, 0.6) is 34.5 Å². The van der Waals surface area contributed by atoms with Gasteiger partial charge in [0.05, 0.1) is 30.0 Å². The summed E-state index contributed by atoms with van der Waals surface area (Å²) >= 11 is 0. The zero-order valence-corrected chi connectivity index (χ0v) is 40.6. The number of ether oxygens (including phenoxy) is 4. The van der Waals surface area contributed by atoms with E-state index in [0.717, 1.165) is 25.7 Å². The topological polar surface area (TPSA) is 136 Å². The highest BCUT2D eigenvalue weighted by molar-refractivity contribution is 5.93. The molecule has 368 valence electrons. The van der Waals surface area contributed by atoms with Crippen LogP contribution in [-0.2, 0) is 0 Å². The Labute approximate surface area is 408 Å². The van der Waals surface area contributed by atoms with Crippen molar-refractivity contribution in [3.8, 4) is 34.5 Å². The van der Waals surface area contributed by atoms with E-state index in [-0.39, 0.29) is 34.2 Å². The fraction of sp³-hybridized carbons (Fsp3) is 0.414. The van der Waals surface area contributed by atoms with Crippen molar-refractivity contribution in [1.29, 1.82) is 0 Å². The Balaban J connectivity index is 1.03. The Bertz CT molecular complexity index is 2360. The van der Waals surface area contributed by atoms with Crippen molar-refractivity contribution in [2.24, 2.45) is 9.98 Å². The summed E-state index contributed by atoms with van der Waals surface area (Å²) in [5.41, 5.74) is 1.56. The Kier molecular flexibility index (Phi) is 23.9. The summed E-state index contributed by atoms with van der Waals surface area (Å²) in [5, 5.41) is 21.4. The van der Waals surface area contributed by atoms with Crippen molar-refractivity contribution < 1.29 is 43.1 Å². The lowest BCUT2D eigenvalue weighted by atomic mass is 10.1. The van der Waals surface area contributed by atoms with E-state index in [1.165, 1.54) is 164 Å². The summed E-state index contributed by atoms with van der Waals surface area (Å²) in [5.74, 6) is -0.561. The largest absolute Gasteiger partial charge is 0.507 e. The summed E-state index contributed by atoms with van der Waals surface area (Å²) in [6.07, 6.45) is 27.8. The Morgan fingerprint density at radius 3 is 1.25 bits per heavy atom. The first kappa shape index (κ1) is 53.5. The molecule has 0 atom stereocenters. The average Bonchev–Trinajstić information content (AvgIpc) is 3.35. The highest BCUT2D eigenvalue weighted by Crippen LogP contribution is 2.29. The molecule has 69 heavy (non-hydrogen) atoms. The number of phenolic OH excluding ortho intramolecular Hbond substituents is 2. The van der Waals surface area contributed by atoms with Gasteiger partial charge in [-0.25, -0.2) is 14.0 Å². The first-order valence-corrected chi connectivity index (χ1v) is 25.2. The van der Waals surface area contributed by atoms with Crippen molar-refractivity contribution in [3.05, 3.63) is 131 Å². The Morgan fingerprint density at radius 1 is 0.464 bits per heavy atom. The van der Waals surface area contributed by atoms with Gasteiger partial charge in [0.15, 0.2) is 0 Å². The summed E-state index contributed by atoms with van der Waals surface area (Å²) in [4.78, 5) is 34.3. The number of carbonyl (C=O) groups is 2. The van der Waals surface area contributed by atoms with E-state index in [2.05, 4.69) is 23.8 Å². The molecule has 11 heteroatoms. The SMILES string of the molecule is CCCCCCCCCCCCOc1ccc(C(=O)Oc2ccc(C=Nc3ccc(F)c(N=Cc4ccc(OC(=O)c5ccc(OCCCCCCCCCCCC)cc5)cc4O)c3)c(O)c2)cc1. The zero-order valence-electron chi connectivity index (χ0n) is 40.6. The molecular formula is C58H71FN2O8. The van der Waals surface area contributed by atoms with Crippen LogP contribution in [0.15, 0.2) is 113 Å². The second kappa shape index (κ2) is 30.8. The summed E-state index contributed by atoms with van der Waals surface area (Å²) < 4.78 is 37.5. The van der Waals surface area contributed by atoms with Crippen LogP contribution in [0.3, 0.4) is 0 Å². The number of hydrogen-bond donors (Lipinski definition) is 2. The molecule has 0 radical (unpaired) electrons. The standard InChI is InChI=1S/C58H71FN2O8/c1-3-5-7-9-11-13-15-17-19-21-37-66-49-30-23-44(24-31-49)57(64)68-51-34-27-46(55(62)40-51)42-60-48-29-36-53(59)54(39-48)61-43-47-28-35-52(41-56(47)63)69-58(65)45-25-32-50(33-26-45)67-38-22-20-18-16-14-12-10-8-6-4-2/h23-36,39-43,62-63H,3-22,37-38H2,1-2H3. The van der Waals surface area contributed by atoms with E-state index >= 15 is 0 Å². The van der Waals surface area contributed by atoms with Gasteiger partial charge in [-0.3, -0.25) is 9.98 Å². The van der Waals surface area contributed by atoms with Gasteiger partial charge in [-0.2, -0.15) is 0 Å². The van der Waals surface area contributed by atoms with Crippen LogP contribution in [0, 0.1) is 5.82 Å². The molecule has 5 rings (SSSR count). The molecule has 10 nitrogen and oxygen atoms in total. The normalized spacial score (nSPS) is 11.3. The first-order valence-electron chi connectivity index (χ1n) is 25.2. The van der Waals surface area contributed by atoms with Crippen LogP contribution < -0.4 is 18.9 Å². The lowest BCUT2D eigenvalue weighted by molar-refractivity contribution is 0.0724. The third-order valence-electron chi connectivity index (χ3n) is 11.8. The number of unbranched alkanes of at least 4 members (excludes halogenated alkanes) is 18. The second-order valence-electron chi connectivity index (χ2n) is 17.5. The number of carbonyl (C=O) groups excluding carboxylic acids is 2. The molecule has 0 bridgehead atoms. The number of esters is 2. The van der Waals surface area contributed by atoms with Crippen LogP contribution in [0.1, 0.15) is 174 Å². The molecule has 5 aromatic rings. The molecule has 0 aliphatic heterocycles. The monoisotopic (exact) mass is 943 g/mol. The number of aromatic hydroxyl groups is 2. The van der Waals surface area contributed by atoms with Gasteiger partial charge in [0, 0.05) is 35.7 Å². The molecule has 0 aromatic heterocycles. The Morgan fingerprint density at radius 2 is 0.841 bits per heavy atom. The smallest absolute Gasteiger partial charge is 0.343 e. The lowest BCUT2D eigenvalue weighted by Crippen LogP contribution is -2.08. The van der Waals surface area contributed by atoms with E-state index in [1.807, 2.05) is 0 Å². The molecule has 0 unspecified atom stereocenters. The van der Waals surface area contributed by atoms with Crippen molar-refractivity contribution in [1.82, 2.24) is 0 Å². The summed E-state index contributed by atoms with van der Waals surface area (Å²) in [7, 11) is 0. The maximum absolute atomic E-state index is 14.8. The van der Waals surface area contributed by atoms with Crippen LogP contribution in [0.2, 0.25) is 0 Å². The third kappa shape index (κ3) is 19.9. The van der Waals surface area contributed by atoms with E-state index in [1.54, 1.807) is 54.6 Å². The lowest BCUT2D eigenvalue weighted by Gasteiger charge is -2.09. The maximum Gasteiger partial charge on any atom is 0.343 e. The van der Waals surface area contributed by atoms with Gasteiger partial charge in [-0.15, -0.1) is 0 Å². The minimum atomic E-state index is -0.619. The predicted octanol–water partition coefficient (Wildman–Crippen LogP) is 15.8. The number of halogens is 1. The van der Waals surface area contributed by atoms with Crippen LogP contribution >= 0.6 is 0 Å². The molecule has 0 saturated heterocycles. The molecule has 2 N–H and O–H groups in total. The number of benzene rings is 5. The number of aliphatic imine (C=N–C) groups is 2. The number of hydrogen-bond acceptors (Lipinski definition) is 10. The second-order valence-corrected chi connectivity index (χ2v) is 17.5. The molecule has 0 saturated carbocycles. The van der Waals surface area contributed by atoms with Gasteiger partial charge in [0.25, 0.3) is 0 Å². The van der Waals surface area contributed by atoms with E-state index in [0.29, 0.717) is 47.1 Å². The molecule has 0 heterocycles. The summed E-state index contributed by atoms with van der Waals surface area (Å²) in [6, 6.07) is 26.3. The highest BCUT2D eigenvalue weighted by atomic mass is 19.1. The van der Waals surface area contributed by atoms with Crippen molar-refractivity contribution >= 4 is 35.7 Å². The van der Waals surface area contributed by atoms with Crippen molar-refractivity contribution in [3.63, 3.8) is 0 Å². The quantitative estimate of drug-likeness (QED) is 0.0188. The van der Waals surface area contributed by atoms with Gasteiger partial charge >= 0.3 is 11.9 Å². The molecule has 5 aromatic carbocycles. The van der Waals surface area contributed by atoms with E-state index in [4.69, 9.17) is 18.9 Å². The predicted molar refractivity (Wildman–Crippen MR) is 275 cm³/mol. The average molecular weight is 943 g/mol. The minimum absolute atomic E-state index is 0.0457. The van der Waals surface area contributed by atoms with Gasteiger partial charge in [0.1, 0.15) is 46.0 Å². The molecule has 0 aliphatic carbocycles. The first-order chi connectivity index (χ1) is 33.7. The van der Waals surface area contributed by atoms with Gasteiger partial charge < -0.3 is 29.2 Å². The summed E-state index contributed by atoms with van der Waals surface area (Å²) in [6.45, 7) is 5.73. The molecular weight excluding hydrogens is 872 g/mol. The number of rotatable bonds is 32. The van der Waals surface area contributed by atoms with E-state index < -0.39 is 17.8 Å². The highest BCUT2D eigenvalue weighted by Gasteiger charge is 2.13. The molecule has 0 amide bonds. The molecule has 0 spiro atoms. The zero-order chi connectivity index (χ0) is 48.9. The maximum atomic E-state index is 14.8. The van der Waals surface area contributed by atoms with Gasteiger partial charge in [-0.05, 0) is 104 Å². The number of phenols is 2. The van der Waals surface area contributed by atoms with Gasteiger partial charge in [0.2, 0.25) is 0 Å². The molecule has 0 aliphatic rings. The van der Waals surface area contributed by atoms with E-state index in [9.17, 15) is 24.2 Å². The van der Waals surface area contributed by atoms with Gasteiger partial charge in [-0.1, -0.05) is 129 Å². The van der Waals surface area contributed by atoms with Crippen LogP contribution in [-0.4, -0.2) is 47.8 Å². The Hall–Kier alpha value is -6.49. The number of nitrogens with zero attached hydrogens (tertiary/aromatic N) is 2.